The minimum Gasteiger partial charge on any atom is -0.382 e. The standard InChI is InChI=1S/2C18H20N4O6/c2*1-11-8-13(4-6-15(11)21(25)26)19-10-18(3,24)17(23)20-14-5-7-16(22(27)28)12(2)9-14/h2*4-9,19,24H,10H2,1-3H3,(H,20,23). The average Bonchev–Trinajstić information content (AvgIpc) is 3.09. The van der Waals surface area contributed by atoms with E-state index in [0.29, 0.717) is 45.0 Å². The first-order valence-corrected chi connectivity index (χ1v) is 16.6. The second-order valence-electron chi connectivity index (χ2n) is 13.2. The van der Waals surface area contributed by atoms with E-state index in [-0.39, 0.29) is 35.8 Å². The van der Waals surface area contributed by atoms with Gasteiger partial charge in [0.2, 0.25) is 0 Å². The van der Waals surface area contributed by atoms with Gasteiger partial charge in [0.25, 0.3) is 34.6 Å². The molecule has 4 aromatic carbocycles. The van der Waals surface area contributed by atoms with E-state index in [1.165, 1.54) is 74.5 Å². The van der Waals surface area contributed by atoms with Crippen LogP contribution in [0.15, 0.2) is 72.8 Å². The summed E-state index contributed by atoms with van der Waals surface area (Å²) >= 11 is 0. The molecule has 20 nitrogen and oxygen atoms in total. The van der Waals surface area contributed by atoms with Gasteiger partial charge in [0.15, 0.2) is 11.2 Å². The molecule has 56 heavy (non-hydrogen) atoms. The highest BCUT2D eigenvalue weighted by atomic mass is 16.6. The Balaban J connectivity index is 0.000000300. The molecule has 2 unspecified atom stereocenters. The summed E-state index contributed by atoms with van der Waals surface area (Å²) in [5.74, 6) is -1.40. The number of nitrogens with one attached hydrogen (secondary N) is 4. The van der Waals surface area contributed by atoms with Gasteiger partial charge in [0, 0.05) is 69.3 Å². The summed E-state index contributed by atoms with van der Waals surface area (Å²) in [7, 11) is 0. The first-order valence-electron chi connectivity index (χ1n) is 16.6. The number of nitrogens with zero attached hydrogens (tertiary/aromatic N) is 4. The average molecular weight is 777 g/mol. The van der Waals surface area contributed by atoms with E-state index in [1.807, 2.05) is 0 Å². The minimum atomic E-state index is -1.80. The molecule has 2 atom stereocenters. The van der Waals surface area contributed by atoms with Crippen molar-refractivity contribution in [3.63, 3.8) is 0 Å². The first kappa shape index (κ1) is 43.3. The summed E-state index contributed by atoms with van der Waals surface area (Å²) in [6.07, 6.45) is 0. The Kier molecular flexibility index (Phi) is 13.8. The lowest BCUT2D eigenvalue weighted by molar-refractivity contribution is -0.385. The number of amides is 2. The summed E-state index contributed by atoms with van der Waals surface area (Å²) in [4.78, 5) is 66.1. The van der Waals surface area contributed by atoms with Crippen molar-refractivity contribution in [2.24, 2.45) is 0 Å². The van der Waals surface area contributed by atoms with E-state index in [2.05, 4.69) is 21.3 Å². The van der Waals surface area contributed by atoms with Crippen LogP contribution in [0, 0.1) is 68.2 Å². The fraction of sp³-hybridized carbons (Fsp3) is 0.278. The molecule has 0 spiro atoms. The molecule has 6 N–H and O–H groups in total. The van der Waals surface area contributed by atoms with E-state index >= 15 is 0 Å². The third-order valence-corrected chi connectivity index (χ3v) is 8.34. The van der Waals surface area contributed by atoms with Crippen molar-refractivity contribution >= 4 is 57.3 Å². The number of benzene rings is 4. The van der Waals surface area contributed by atoms with Crippen LogP contribution >= 0.6 is 0 Å². The number of anilines is 4. The number of rotatable bonds is 14. The Morgan fingerprint density at radius 3 is 0.964 bits per heavy atom. The number of carbonyl (C=O) groups is 2. The summed E-state index contributed by atoms with van der Waals surface area (Å²) in [5.41, 5.74) is -0.475. The molecule has 20 heteroatoms. The summed E-state index contributed by atoms with van der Waals surface area (Å²) in [5, 5.41) is 75.1. The quantitative estimate of drug-likeness (QED) is 0.0647. The van der Waals surface area contributed by atoms with Gasteiger partial charge < -0.3 is 31.5 Å². The van der Waals surface area contributed by atoms with Crippen LogP contribution in [0.25, 0.3) is 0 Å². The van der Waals surface area contributed by atoms with Gasteiger partial charge in [0.1, 0.15) is 0 Å². The number of hydrogen-bond donors (Lipinski definition) is 6. The van der Waals surface area contributed by atoms with Gasteiger partial charge in [-0.05, 0) is 90.1 Å². The summed E-state index contributed by atoms with van der Waals surface area (Å²) < 4.78 is 0. The van der Waals surface area contributed by atoms with Gasteiger partial charge in [-0.25, -0.2) is 0 Å². The van der Waals surface area contributed by atoms with E-state index in [0.717, 1.165) is 0 Å². The van der Waals surface area contributed by atoms with Gasteiger partial charge >= 0.3 is 0 Å². The molecule has 0 aliphatic rings. The fourth-order valence-corrected chi connectivity index (χ4v) is 5.06. The lowest BCUT2D eigenvalue weighted by Crippen LogP contribution is -2.45. The monoisotopic (exact) mass is 776 g/mol. The highest BCUT2D eigenvalue weighted by molar-refractivity contribution is 5.98. The van der Waals surface area contributed by atoms with Crippen LogP contribution in [0.4, 0.5) is 45.5 Å². The second kappa shape index (κ2) is 17.8. The lowest BCUT2D eigenvalue weighted by atomic mass is 10.1. The van der Waals surface area contributed by atoms with E-state index in [4.69, 9.17) is 0 Å². The smallest absolute Gasteiger partial charge is 0.272 e. The summed E-state index contributed by atoms with van der Waals surface area (Å²) in [6.45, 7) is 8.59. The van der Waals surface area contributed by atoms with Crippen molar-refractivity contribution in [3.05, 3.63) is 136 Å². The molecule has 2 amide bonds. The molecule has 0 aliphatic heterocycles. The SMILES string of the molecule is Cc1cc(NCC(C)(O)C(=O)Nc2ccc([N+](=O)[O-])c(C)c2)ccc1[N+](=O)[O-].Cc1cc(NCC(C)(O)C(=O)Nc2ccc([N+](=O)[O-])c(C)c2)ccc1[N+](=O)[O-]. The predicted molar refractivity (Wildman–Crippen MR) is 207 cm³/mol. The number of carbonyl (C=O) groups excluding carboxylic acids is 2. The van der Waals surface area contributed by atoms with Crippen LogP contribution < -0.4 is 21.3 Å². The third kappa shape index (κ3) is 11.5. The molecule has 0 bridgehead atoms. The Bertz CT molecular complexity index is 2040. The van der Waals surface area contributed by atoms with Crippen LogP contribution in [0.3, 0.4) is 0 Å². The Morgan fingerprint density at radius 1 is 0.500 bits per heavy atom. The van der Waals surface area contributed by atoms with Crippen molar-refractivity contribution in [2.45, 2.75) is 52.7 Å². The molecule has 0 saturated heterocycles. The first-order chi connectivity index (χ1) is 26.0. The van der Waals surface area contributed by atoms with E-state index in [9.17, 15) is 60.3 Å². The normalized spacial score (nSPS) is 12.7. The maximum atomic E-state index is 12.4. The number of nitro groups is 4. The fourth-order valence-electron chi connectivity index (χ4n) is 5.06. The predicted octanol–water partition coefficient (Wildman–Crippen LogP) is 5.84. The van der Waals surface area contributed by atoms with E-state index < -0.39 is 42.7 Å². The zero-order chi connectivity index (χ0) is 42.1. The number of aliphatic hydroxyl groups is 2. The molecule has 4 rings (SSSR count). The lowest BCUT2D eigenvalue weighted by Gasteiger charge is -2.23. The van der Waals surface area contributed by atoms with Gasteiger partial charge in [-0.15, -0.1) is 0 Å². The van der Waals surface area contributed by atoms with Crippen LogP contribution in [-0.2, 0) is 9.59 Å². The highest BCUT2D eigenvalue weighted by Crippen LogP contribution is 2.26. The minimum absolute atomic E-state index is 0.0244. The Labute approximate surface area is 319 Å². The van der Waals surface area contributed by atoms with Crippen molar-refractivity contribution in [1.82, 2.24) is 0 Å². The largest absolute Gasteiger partial charge is 0.382 e. The topological polar surface area (TPSA) is 295 Å². The maximum Gasteiger partial charge on any atom is 0.272 e. The van der Waals surface area contributed by atoms with Gasteiger partial charge in [-0.1, -0.05) is 0 Å². The number of aryl methyl sites for hydroxylation is 4. The highest BCUT2D eigenvalue weighted by Gasteiger charge is 2.32. The molecule has 0 aliphatic carbocycles. The van der Waals surface area contributed by atoms with Crippen molar-refractivity contribution in [3.8, 4) is 0 Å². The number of hydrogen-bond acceptors (Lipinski definition) is 14. The molecule has 0 radical (unpaired) electrons. The second-order valence-corrected chi connectivity index (χ2v) is 13.2. The van der Waals surface area contributed by atoms with E-state index in [1.54, 1.807) is 39.8 Å². The molecule has 0 fully saturated rings. The maximum absolute atomic E-state index is 12.4. The van der Waals surface area contributed by atoms with Crippen molar-refractivity contribution in [2.75, 3.05) is 34.4 Å². The van der Waals surface area contributed by atoms with Gasteiger partial charge in [-0.2, -0.15) is 0 Å². The molecule has 0 heterocycles. The van der Waals surface area contributed by atoms with Crippen LogP contribution in [0.1, 0.15) is 36.1 Å². The van der Waals surface area contributed by atoms with Crippen LogP contribution in [0.2, 0.25) is 0 Å². The van der Waals surface area contributed by atoms with Crippen LogP contribution in [0.5, 0.6) is 0 Å². The van der Waals surface area contributed by atoms with Crippen molar-refractivity contribution < 1.29 is 39.5 Å². The summed E-state index contributed by atoms with van der Waals surface area (Å²) in [6, 6.07) is 16.9. The van der Waals surface area contributed by atoms with Crippen molar-refractivity contribution in [1.29, 1.82) is 0 Å². The number of nitro benzene ring substituents is 4. The zero-order valence-corrected chi connectivity index (χ0v) is 31.1. The molecule has 0 saturated carbocycles. The molecular weight excluding hydrogens is 736 g/mol. The van der Waals surface area contributed by atoms with Gasteiger partial charge in [-0.3, -0.25) is 50.0 Å². The molecule has 4 aromatic rings. The van der Waals surface area contributed by atoms with Crippen LogP contribution in [-0.4, -0.2) is 66.0 Å². The zero-order valence-electron chi connectivity index (χ0n) is 31.1. The molecular formula is C36H40N8O12. The Hall–Kier alpha value is -7.06. The molecule has 0 aromatic heterocycles. The third-order valence-electron chi connectivity index (χ3n) is 8.34. The molecule has 296 valence electrons. The van der Waals surface area contributed by atoms with Gasteiger partial charge in [0.05, 0.1) is 32.8 Å². The Morgan fingerprint density at radius 2 is 0.732 bits per heavy atom.